The van der Waals surface area contributed by atoms with Crippen LogP contribution in [-0.4, -0.2) is 51.8 Å². The van der Waals surface area contributed by atoms with Crippen LogP contribution in [0.2, 0.25) is 0 Å². The fraction of sp³-hybridized carbons (Fsp3) is 0.364. The van der Waals surface area contributed by atoms with E-state index < -0.39 is 24.8 Å². The first-order valence-corrected chi connectivity index (χ1v) is 5.09. The Labute approximate surface area is 98.1 Å². The second kappa shape index (κ2) is 6.19. The molecule has 0 radical (unpaired) electrons. The first kappa shape index (κ1) is 13.4. The summed E-state index contributed by atoms with van der Waals surface area (Å²) >= 11 is 0. The third-order valence-corrected chi connectivity index (χ3v) is 2.29. The van der Waals surface area contributed by atoms with E-state index in [1.54, 1.807) is 18.2 Å². The van der Waals surface area contributed by atoms with Crippen molar-refractivity contribution < 1.29 is 25.2 Å². The van der Waals surface area contributed by atoms with E-state index in [2.05, 4.69) is 5.32 Å². The zero-order valence-electron chi connectivity index (χ0n) is 9.08. The minimum Gasteiger partial charge on any atom is -0.478 e. The summed E-state index contributed by atoms with van der Waals surface area (Å²) in [6.45, 7) is -0.602. The number of aliphatic hydroxyl groups is 3. The van der Waals surface area contributed by atoms with Gasteiger partial charge in [0.05, 0.1) is 18.3 Å². The van der Waals surface area contributed by atoms with Gasteiger partial charge in [-0.2, -0.15) is 0 Å². The standard InChI is InChI=1S/C11H15NO5/c13-6-10(15)9(14)5-12-8-4-2-1-3-7(8)11(16)17/h1-4,9-10,12-15H,5-6H2,(H,16,17)/t9-,10-/m1/s1. The number of carboxylic acid groups (broad SMARTS) is 1. The van der Waals surface area contributed by atoms with Crippen LogP contribution in [-0.2, 0) is 0 Å². The average Bonchev–Trinajstić information content (AvgIpc) is 2.35. The Bertz CT molecular complexity index is 382. The molecule has 2 atom stereocenters. The Kier molecular flexibility index (Phi) is 4.89. The Morgan fingerprint density at radius 3 is 2.47 bits per heavy atom. The van der Waals surface area contributed by atoms with Crippen LogP contribution in [0.1, 0.15) is 10.4 Å². The summed E-state index contributed by atoms with van der Waals surface area (Å²) in [7, 11) is 0. The second-order valence-electron chi connectivity index (χ2n) is 3.55. The van der Waals surface area contributed by atoms with Crippen molar-refractivity contribution in [2.45, 2.75) is 12.2 Å². The number of nitrogens with one attached hydrogen (secondary N) is 1. The highest BCUT2D eigenvalue weighted by molar-refractivity contribution is 5.94. The van der Waals surface area contributed by atoms with Crippen molar-refractivity contribution in [3.8, 4) is 0 Å². The van der Waals surface area contributed by atoms with E-state index in [1.807, 2.05) is 0 Å². The molecule has 0 heterocycles. The molecule has 0 saturated carbocycles. The van der Waals surface area contributed by atoms with Gasteiger partial charge in [0, 0.05) is 12.2 Å². The van der Waals surface area contributed by atoms with E-state index in [0.717, 1.165) is 0 Å². The van der Waals surface area contributed by atoms with Gasteiger partial charge in [0.25, 0.3) is 0 Å². The lowest BCUT2D eigenvalue weighted by atomic mass is 10.1. The minimum atomic E-state index is -1.25. The Morgan fingerprint density at radius 2 is 1.88 bits per heavy atom. The monoisotopic (exact) mass is 241 g/mol. The number of para-hydroxylation sites is 1. The normalized spacial score (nSPS) is 14.1. The van der Waals surface area contributed by atoms with Gasteiger partial charge in [0.2, 0.25) is 0 Å². The first-order valence-electron chi connectivity index (χ1n) is 5.09. The van der Waals surface area contributed by atoms with Crippen LogP contribution < -0.4 is 5.32 Å². The zero-order valence-corrected chi connectivity index (χ0v) is 9.08. The van der Waals surface area contributed by atoms with Crippen LogP contribution in [0.3, 0.4) is 0 Å². The van der Waals surface area contributed by atoms with E-state index >= 15 is 0 Å². The lowest BCUT2D eigenvalue weighted by Crippen LogP contribution is -2.35. The van der Waals surface area contributed by atoms with Crippen molar-refractivity contribution in [1.29, 1.82) is 0 Å². The van der Waals surface area contributed by atoms with Gasteiger partial charge in [-0.1, -0.05) is 12.1 Å². The summed E-state index contributed by atoms with van der Waals surface area (Å²) in [5, 5.41) is 38.7. The molecular formula is C11H15NO5. The Balaban J connectivity index is 2.66. The smallest absolute Gasteiger partial charge is 0.337 e. The molecular weight excluding hydrogens is 226 g/mol. The van der Waals surface area contributed by atoms with Crippen molar-refractivity contribution in [3.05, 3.63) is 29.8 Å². The summed E-state index contributed by atoms with van der Waals surface area (Å²) in [4.78, 5) is 10.9. The number of hydrogen-bond donors (Lipinski definition) is 5. The van der Waals surface area contributed by atoms with Crippen molar-refractivity contribution in [2.75, 3.05) is 18.5 Å². The molecule has 5 N–H and O–H groups in total. The molecule has 0 bridgehead atoms. The molecule has 0 aliphatic heterocycles. The van der Waals surface area contributed by atoms with Gasteiger partial charge in [-0.05, 0) is 12.1 Å². The molecule has 0 saturated heterocycles. The maximum absolute atomic E-state index is 10.9. The number of aromatic carboxylic acids is 1. The number of carbonyl (C=O) groups is 1. The second-order valence-corrected chi connectivity index (χ2v) is 3.55. The fourth-order valence-corrected chi connectivity index (χ4v) is 1.30. The van der Waals surface area contributed by atoms with Crippen LogP contribution in [0.15, 0.2) is 24.3 Å². The lowest BCUT2D eigenvalue weighted by molar-refractivity contribution is -0.00701. The maximum Gasteiger partial charge on any atom is 0.337 e. The van der Waals surface area contributed by atoms with Gasteiger partial charge in [0.1, 0.15) is 6.10 Å². The molecule has 0 unspecified atom stereocenters. The quantitative estimate of drug-likeness (QED) is 0.460. The molecule has 0 aliphatic rings. The van der Waals surface area contributed by atoms with Crippen LogP contribution in [0, 0.1) is 0 Å². The average molecular weight is 241 g/mol. The summed E-state index contributed by atoms with van der Waals surface area (Å²) in [6, 6.07) is 6.23. The summed E-state index contributed by atoms with van der Waals surface area (Å²) in [6.07, 6.45) is -2.42. The minimum absolute atomic E-state index is 0.0496. The predicted molar refractivity (Wildman–Crippen MR) is 61.0 cm³/mol. The van der Waals surface area contributed by atoms with E-state index in [9.17, 15) is 9.90 Å². The molecule has 1 rings (SSSR count). The van der Waals surface area contributed by atoms with Crippen LogP contribution in [0.5, 0.6) is 0 Å². The Hall–Kier alpha value is -1.63. The molecule has 1 aromatic carbocycles. The number of hydrogen-bond acceptors (Lipinski definition) is 5. The van der Waals surface area contributed by atoms with Gasteiger partial charge in [0.15, 0.2) is 0 Å². The Morgan fingerprint density at radius 1 is 1.24 bits per heavy atom. The zero-order chi connectivity index (χ0) is 12.8. The molecule has 0 spiro atoms. The van der Waals surface area contributed by atoms with Crippen molar-refractivity contribution in [1.82, 2.24) is 0 Å². The SMILES string of the molecule is O=C(O)c1ccccc1NC[C@@H](O)[C@H](O)CO. The number of benzene rings is 1. The number of rotatable bonds is 6. The van der Waals surface area contributed by atoms with Gasteiger partial charge >= 0.3 is 5.97 Å². The highest BCUT2D eigenvalue weighted by atomic mass is 16.4. The van der Waals surface area contributed by atoms with Crippen molar-refractivity contribution in [3.63, 3.8) is 0 Å². The predicted octanol–water partition coefficient (Wildman–Crippen LogP) is -0.489. The number of aliphatic hydroxyl groups excluding tert-OH is 3. The molecule has 6 heteroatoms. The third-order valence-electron chi connectivity index (χ3n) is 2.29. The van der Waals surface area contributed by atoms with E-state index in [4.69, 9.17) is 15.3 Å². The molecule has 0 amide bonds. The van der Waals surface area contributed by atoms with E-state index in [1.165, 1.54) is 6.07 Å². The van der Waals surface area contributed by atoms with Crippen molar-refractivity contribution in [2.24, 2.45) is 0 Å². The number of anilines is 1. The lowest BCUT2D eigenvalue weighted by Gasteiger charge is -2.17. The summed E-state index contributed by atoms with van der Waals surface area (Å²) < 4.78 is 0. The first-order chi connectivity index (χ1) is 8.06. The van der Waals surface area contributed by atoms with Crippen LogP contribution >= 0.6 is 0 Å². The van der Waals surface area contributed by atoms with Gasteiger partial charge in [-0.25, -0.2) is 4.79 Å². The fourth-order valence-electron chi connectivity index (χ4n) is 1.30. The summed E-state index contributed by atoms with van der Waals surface area (Å²) in [5.74, 6) is -1.08. The molecule has 0 aliphatic carbocycles. The molecule has 17 heavy (non-hydrogen) atoms. The van der Waals surface area contributed by atoms with E-state index in [-0.39, 0.29) is 12.1 Å². The van der Waals surface area contributed by atoms with Gasteiger partial charge < -0.3 is 25.7 Å². The molecule has 94 valence electrons. The maximum atomic E-state index is 10.9. The molecule has 1 aromatic rings. The van der Waals surface area contributed by atoms with Crippen LogP contribution in [0.4, 0.5) is 5.69 Å². The molecule has 0 fully saturated rings. The topological polar surface area (TPSA) is 110 Å². The van der Waals surface area contributed by atoms with Gasteiger partial charge in [-0.3, -0.25) is 0 Å². The van der Waals surface area contributed by atoms with Crippen LogP contribution in [0.25, 0.3) is 0 Å². The molecule has 0 aromatic heterocycles. The van der Waals surface area contributed by atoms with Gasteiger partial charge in [-0.15, -0.1) is 0 Å². The molecule has 6 nitrogen and oxygen atoms in total. The summed E-state index contributed by atoms with van der Waals surface area (Å²) in [5.41, 5.74) is 0.433. The van der Waals surface area contributed by atoms with E-state index in [0.29, 0.717) is 5.69 Å². The number of carboxylic acids is 1. The third kappa shape index (κ3) is 3.70. The highest BCUT2D eigenvalue weighted by Gasteiger charge is 2.16. The largest absolute Gasteiger partial charge is 0.478 e. The van der Waals surface area contributed by atoms with Crippen molar-refractivity contribution >= 4 is 11.7 Å². The highest BCUT2D eigenvalue weighted by Crippen LogP contribution is 2.14.